The van der Waals surface area contributed by atoms with Gasteiger partial charge in [0.05, 0.1) is 12.8 Å². The summed E-state index contributed by atoms with van der Waals surface area (Å²) in [5, 5.41) is 16.5. The molecule has 68 valence electrons. The second kappa shape index (κ2) is 5.17. The molecule has 0 aliphatic carbocycles. The summed E-state index contributed by atoms with van der Waals surface area (Å²) in [6.45, 7) is 0. The summed E-state index contributed by atoms with van der Waals surface area (Å²) in [7, 11) is 0. The fourth-order valence-corrected chi connectivity index (χ4v) is 0.572. The van der Waals surface area contributed by atoms with Gasteiger partial charge >= 0.3 is 11.9 Å². The molecule has 0 saturated heterocycles. The van der Waals surface area contributed by atoms with Crippen molar-refractivity contribution >= 4 is 11.9 Å². The van der Waals surface area contributed by atoms with E-state index in [0.29, 0.717) is 5.70 Å². The summed E-state index contributed by atoms with van der Waals surface area (Å²) in [4.78, 5) is 20.1. The minimum atomic E-state index is -0.978. The summed E-state index contributed by atoms with van der Waals surface area (Å²) in [6, 6.07) is 0. The van der Waals surface area contributed by atoms with Crippen LogP contribution >= 0.6 is 0 Å². The molecule has 0 radical (unpaired) electrons. The van der Waals surface area contributed by atoms with Gasteiger partial charge in [-0.05, 0) is 6.42 Å². The van der Waals surface area contributed by atoms with Crippen molar-refractivity contribution < 1.29 is 19.8 Å². The molecule has 0 aliphatic heterocycles. The number of allylic oxidation sites excluding steroid dienone is 1. The van der Waals surface area contributed by atoms with Crippen LogP contribution in [0.25, 0.3) is 0 Å². The van der Waals surface area contributed by atoms with Gasteiger partial charge in [-0.15, -0.1) is 0 Å². The van der Waals surface area contributed by atoms with E-state index in [1.54, 1.807) is 0 Å². The first-order chi connectivity index (χ1) is 5.52. The molecule has 0 unspecified atom stereocenters. The molecule has 0 aromatic carbocycles. The lowest BCUT2D eigenvalue weighted by Gasteiger charge is -1.96. The number of carboxylic acid groups (broad SMARTS) is 2. The van der Waals surface area contributed by atoms with Crippen LogP contribution in [-0.2, 0) is 9.59 Å². The van der Waals surface area contributed by atoms with Crippen LogP contribution in [0.15, 0.2) is 11.8 Å². The average Bonchev–Trinajstić information content (AvgIpc) is 1.96. The first kappa shape index (κ1) is 10.5. The van der Waals surface area contributed by atoms with E-state index in [9.17, 15) is 9.59 Å². The molecule has 0 aromatic heterocycles. The third-order valence-corrected chi connectivity index (χ3v) is 1.17. The summed E-state index contributed by atoms with van der Waals surface area (Å²) in [6.07, 6.45) is 1.28. The highest BCUT2D eigenvalue weighted by atomic mass is 16.4. The van der Waals surface area contributed by atoms with Crippen molar-refractivity contribution in [2.75, 3.05) is 0 Å². The van der Waals surface area contributed by atoms with Gasteiger partial charge in [-0.3, -0.25) is 9.59 Å². The number of hydrogen-bond acceptors (Lipinski definition) is 3. The maximum atomic E-state index is 10.0. The maximum Gasteiger partial charge on any atom is 0.307 e. The summed E-state index contributed by atoms with van der Waals surface area (Å²) < 4.78 is 0. The normalized spacial score (nSPS) is 11.2. The molecule has 0 aliphatic rings. The van der Waals surface area contributed by atoms with Gasteiger partial charge in [0.25, 0.3) is 0 Å². The predicted octanol–water partition coefficient (Wildman–Crippen LogP) is 0.169. The Hall–Kier alpha value is -1.52. The quantitative estimate of drug-likeness (QED) is 0.550. The highest BCUT2D eigenvalue weighted by Gasteiger charge is 1.99. The van der Waals surface area contributed by atoms with Crippen molar-refractivity contribution in [3.05, 3.63) is 11.8 Å². The molecule has 12 heavy (non-hydrogen) atoms. The Labute approximate surface area is 69.5 Å². The molecular weight excluding hydrogens is 162 g/mol. The van der Waals surface area contributed by atoms with E-state index in [2.05, 4.69) is 0 Å². The van der Waals surface area contributed by atoms with E-state index in [4.69, 9.17) is 15.9 Å². The molecule has 0 rings (SSSR count). The zero-order chi connectivity index (χ0) is 9.56. The van der Waals surface area contributed by atoms with Gasteiger partial charge in [0.2, 0.25) is 0 Å². The van der Waals surface area contributed by atoms with Gasteiger partial charge in [0, 0.05) is 5.70 Å². The highest BCUT2D eigenvalue weighted by Crippen LogP contribution is 1.99. The Balaban J connectivity index is 3.70. The fourth-order valence-electron chi connectivity index (χ4n) is 0.572. The first-order valence-corrected chi connectivity index (χ1v) is 3.40. The van der Waals surface area contributed by atoms with E-state index >= 15 is 0 Å². The monoisotopic (exact) mass is 173 g/mol. The Morgan fingerprint density at radius 3 is 2.17 bits per heavy atom. The van der Waals surface area contributed by atoms with Gasteiger partial charge in [-0.25, -0.2) is 0 Å². The van der Waals surface area contributed by atoms with E-state index < -0.39 is 11.9 Å². The molecule has 0 heterocycles. The van der Waals surface area contributed by atoms with Crippen molar-refractivity contribution in [3.63, 3.8) is 0 Å². The lowest BCUT2D eigenvalue weighted by molar-refractivity contribution is -0.137. The zero-order valence-electron chi connectivity index (χ0n) is 6.49. The number of carboxylic acids is 2. The van der Waals surface area contributed by atoms with Crippen LogP contribution in [0.5, 0.6) is 0 Å². The van der Waals surface area contributed by atoms with Crippen LogP contribution in [0.3, 0.4) is 0 Å². The topological polar surface area (TPSA) is 101 Å². The van der Waals surface area contributed by atoms with Crippen molar-refractivity contribution in [2.24, 2.45) is 5.73 Å². The second-order valence-corrected chi connectivity index (χ2v) is 2.27. The molecule has 0 atom stereocenters. The minimum absolute atomic E-state index is 0.0675. The van der Waals surface area contributed by atoms with E-state index in [0.717, 1.165) is 0 Å². The van der Waals surface area contributed by atoms with Crippen molar-refractivity contribution in [3.8, 4) is 0 Å². The highest BCUT2D eigenvalue weighted by molar-refractivity contribution is 5.69. The third-order valence-electron chi connectivity index (χ3n) is 1.17. The van der Waals surface area contributed by atoms with E-state index in [-0.39, 0.29) is 19.3 Å². The van der Waals surface area contributed by atoms with Gasteiger partial charge in [-0.2, -0.15) is 0 Å². The van der Waals surface area contributed by atoms with Crippen LogP contribution in [0.2, 0.25) is 0 Å². The molecule has 5 heteroatoms. The van der Waals surface area contributed by atoms with Crippen molar-refractivity contribution in [1.82, 2.24) is 0 Å². The average molecular weight is 173 g/mol. The molecular formula is C7H11NO4. The second-order valence-electron chi connectivity index (χ2n) is 2.27. The van der Waals surface area contributed by atoms with Crippen LogP contribution in [0.1, 0.15) is 19.3 Å². The summed E-state index contributed by atoms with van der Waals surface area (Å²) in [5.41, 5.74) is 5.61. The lowest BCUT2D eigenvalue weighted by atomic mass is 10.2. The molecule has 0 saturated carbocycles. The smallest absolute Gasteiger partial charge is 0.307 e. The summed E-state index contributed by atoms with van der Waals surface area (Å²) >= 11 is 0. The van der Waals surface area contributed by atoms with E-state index in [1.165, 1.54) is 6.08 Å². The van der Waals surface area contributed by atoms with Crippen LogP contribution in [-0.4, -0.2) is 22.2 Å². The third kappa shape index (κ3) is 6.60. The predicted molar refractivity (Wildman–Crippen MR) is 41.4 cm³/mol. The standard InChI is InChI=1S/C7H11NO4/c8-5(1-3-6(9)10)2-4-7(11)12/h1H,2-4,8H2,(H,9,10)(H,11,12)/b5-1-. The van der Waals surface area contributed by atoms with Crippen molar-refractivity contribution in [2.45, 2.75) is 19.3 Å². The largest absolute Gasteiger partial charge is 0.481 e. The number of nitrogens with two attached hydrogens (primary N) is 1. The zero-order valence-corrected chi connectivity index (χ0v) is 6.49. The number of hydrogen-bond donors (Lipinski definition) is 3. The van der Waals surface area contributed by atoms with Crippen LogP contribution < -0.4 is 5.73 Å². The first-order valence-electron chi connectivity index (χ1n) is 3.40. The van der Waals surface area contributed by atoms with Gasteiger partial charge in [0.1, 0.15) is 0 Å². The number of rotatable bonds is 5. The van der Waals surface area contributed by atoms with E-state index in [1.807, 2.05) is 0 Å². The minimum Gasteiger partial charge on any atom is -0.481 e. The number of aliphatic carboxylic acids is 2. The Morgan fingerprint density at radius 2 is 1.75 bits per heavy atom. The molecule has 0 bridgehead atoms. The fraction of sp³-hybridized carbons (Fsp3) is 0.429. The van der Waals surface area contributed by atoms with Crippen LogP contribution in [0, 0.1) is 0 Å². The molecule has 5 nitrogen and oxygen atoms in total. The maximum absolute atomic E-state index is 10.0. The van der Waals surface area contributed by atoms with Crippen molar-refractivity contribution in [1.29, 1.82) is 0 Å². The van der Waals surface area contributed by atoms with Gasteiger partial charge < -0.3 is 15.9 Å². The SMILES string of the molecule is N/C(=C\CC(=O)O)CCC(=O)O. The Kier molecular flexibility index (Phi) is 4.52. The molecule has 0 aromatic rings. The Bertz CT molecular complexity index is 209. The lowest BCUT2D eigenvalue weighted by Crippen LogP contribution is -2.03. The van der Waals surface area contributed by atoms with Gasteiger partial charge in [-0.1, -0.05) is 6.08 Å². The molecule has 0 spiro atoms. The summed E-state index contributed by atoms with van der Waals surface area (Å²) in [5.74, 6) is -1.92. The number of carbonyl (C=O) groups is 2. The molecule has 0 amide bonds. The molecule has 4 N–H and O–H groups in total. The Morgan fingerprint density at radius 1 is 1.17 bits per heavy atom. The molecule has 0 fully saturated rings. The van der Waals surface area contributed by atoms with Crippen LogP contribution in [0.4, 0.5) is 0 Å². The van der Waals surface area contributed by atoms with Gasteiger partial charge in [0.15, 0.2) is 0 Å².